The lowest BCUT2D eigenvalue weighted by molar-refractivity contribution is -0.115. The van der Waals surface area contributed by atoms with Crippen molar-refractivity contribution >= 4 is 54.9 Å². The number of hydrogen-bond acceptors (Lipinski definition) is 4. The normalized spacial score (nSPS) is 14.8. The maximum Gasteiger partial charge on any atom is 0.228 e. The van der Waals surface area contributed by atoms with Gasteiger partial charge in [0.15, 0.2) is 0 Å². The highest BCUT2D eigenvalue weighted by atomic mass is 79.9. The van der Waals surface area contributed by atoms with Crippen LogP contribution in [0.4, 0.5) is 11.4 Å². The number of nitrogens with zero attached hydrogens (tertiary/aromatic N) is 3. The van der Waals surface area contributed by atoms with Crippen molar-refractivity contribution in [2.75, 3.05) is 43.4 Å². The third-order valence-corrected chi connectivity index (χ3v) is 6.85. The van der Waals surface area contributed by atoms with Crippen molar-refractivity contribution in [3.63, 3.8) is 0 Å². The first-order valence-corrected chi connectivity index (χ1v) is 11.7. The fraction of sp³-hybridized carbons (Fsp3) is 0.231. The summed E-state index contributed by atoms with van der Waals surface area (Å²) in [6.07, 6.45) is 2.19. The fourth-order valence-electron chi connectivity index (χ4n) is 4.40. The molecule has 0 spiro atoms. The number of pyridine rings is 1. The first-order chi connectivity index (χ1) is 15.6. The van der Waals surface area contributed by atoms with Crippen molar-refractivity contribution in [2.45, 2.75) is 6.42 Å². The molecule has 1 aliphatic heterocycles. The van der Waals surface area contributed by atoms with Crippen LogP contribution < -0.4 is 10.2 Å². The molecule has 0 saturated carbocycles. The van der Waals surface area contributed by atoms with E-state index < -0.39 is 0 Å². The Morgan fingerprint density at radius 1 is 0.969 bits per heavy atom. The van der Waals surface area contributed by atoms with E-state index in [1.54, 1.807) is 0 Å². The SMILES string of the molecule is CN1CCN(c2ccnc3ccc(NC(=O)Cc4cccc5c(Br)cccc45)cc23)CC1. The van der Waals surface area contributed by atoms with Gasteiger partial charge in [0.1, 0.15) is 0 Å². The van der Waals surface area contributed by atoms with Gasteiger partial charge in [-0.05, 0) is 53.7 Å². The number of fused-ring (bicyclic) bond motifs is 2. The van der Waals surface area contributed by atoms with Gasteiger partial charge in [0.2, 0.25) is 5.91 Å². The van der Waals surface area contributed by atoms with Crippen LogP contribution in [0.5, 0.6) is 0 Å². The summed E-state index contributed by atoms with van der Waals surface area (Å²) in [7, 11) is 2.16. The van der Waals surface area contributed by atoms with Gasteiger partial charge in [-0.1, -0.05) is 46.3 Å². The second kappa shape index (κ2) is 8.88. The number of anilines is 2. The predicted molar refractivity (Wildman–Crippen MR) is 135 cm³/mol. The number of carbonyl (C=O) groups is 1. The highest BCUT2D eigenvalue weighted by Gasteiger charge is 2.17. The summed E-state index contributed by atoms with van der Waals surface area (Å²) in [5.74, 6) is -0.0261. The summed E-state index contributed by atoms with van der Waals surface area (Å²) in [5.41, 5.74) is 3.94. The molecule has 5 rings (SSSR count). The Labute approximate surface area is 196 Å². The molecule has 1 N–H and O–H groups in total. The second-order valence-corrected chi connectivity index (χ2v) is 9.18. The fourth-order valence-corrected chi connectivity index (χ4v) is 4.90. The lowest BCUT2D eigenvalue weighted by Gasteiger charge is -2.34. The van der Waals surface area contributed by atoms with E-state index in [4.69, 9.17) is 0 Å². The first kappa shape index (κ1) is 20.9. The number of rotatable bonds is 4. The molecule has 3 aromatic carbocycles. The third-order valence-electron chi connectivity index (χ3n) is 6.16. The van der Waals surface area contributed by atoms with Gasteiger partial charge in [0.25, 0.3) is 0 Å². The van der Waals surface area contributed by atoms with Crippen LogP contribution in [0.3, 0.4) is 0 Å². The third kappa shape index (κ3) is 4.20. The molecule has 1 aromatic heterocycles. The van der Waals surface area contributed by atoms with E-state index in [9.17, 15) is 4.79 Å². The van der Waals surface area contributed by atoms with Gasteiger partial charge in [-0.25, -0.2) is 0 Å². The van der Waals surface area contributed by atoms with Gasteiger partial charge in [-0.15, -0.1) is 0 Å². The topological polar surface area (TPSA) is 48.5 Å². The van der Waals surface area contributed by atoms with Crippen LogP contribution in [0.2, 0.25) is 0 Å². The Balaban J connectivity index is 1.39. The number of piperazine rings is 1. The zero-order chi connectivity index (χ0) is 22.1. The van der Waals surface area contributed by atoms with Crippen LogP contribution in [-0.4, -0.2) is 49.0 Å². The zero-order valence-corrected chi connectivity index (χ0v) is 19.6. The van der Waals surface area contributed by atoms with Crippen molar-refractivity contribution in [1.82, 2.24) is 9.88 Å². The molecule has 0 atom stereocenters. The largest absolute Gasteiger partial charge is 0.368 e. The molecule has 0 radical (unpaired) electrons. The van der Waals surface area contributed by atoms with E-state index in [1.807, 2.05) is 48.7 Å². The van der Waals surface area contributed by atoms with Crippen LogP contribution in [0, 0.1) is 0 Å². The molecule has 0 unspecified atom stereocenters. The first-order valence-electron chi connectivity index (χ1n) is 10.9. The molecule has 1 aliphatic rings. The van der Waals surface area contributed by atoms with E-state index in [1.165, 1.54) is 5.69 Å². The molecule has 32 heavy (non-hydrogen) atoms. The number of amides is 1. The average molecular weight is 489 g/mol. The van der Waals surface area contributed by atoms with Gasteiger partial charge in [0.05, 0.1) is 11.9 Å². The molecular weight excluding hydrogens is 464 g/mol. The van der Waals surface area contributed by atoms with Crippen LogP contribution in [0.15, 0.2) is 71.3 Å². The average Bonchev–Trinajstić information content (AvgIpc) is 2.80. The van der Waals surface area contributed by atoms with Gasteiger partial charge in [0, 0.05) is 53.6 Å². The molecule has 4 aromatic rings. The lowest BCUT2D eigenvalue weighted by Crippen LogP contribution is -2.44. The molecule has 1 saturated heterocycles. The van der Waals surface area contributed by atoms with E-state index in [-0.39, 0.29) is 5.91 Å². The molecule has 2 heterocycles. The van der Waals surface area contributed by atoms with E-state index >= 15 is 0 Å². The Bertz CT molecular complexity index is 1300. The molecular formula is C26H25BrN4O. The van der Waals surface area contributed by atoms with Gasteiger partial charge in [-0.2, -0.15) is 0 Å². The summed E-state index contributed by atoms with van der Waals surface area (Å²) >= 11 is 3.60. The maximum absolute atomic E-state index is 12.9. The highest BCUT2D eigenvalue weighted by Crippen LogP contribution is 2.29. The minimum absolute atomic E-state index is 0.0261. The minimum atomic E-state index is -0.0261. The van der Waals surface area contributed by atoms with Crippen LogP contribution in [0.25, 0.3) is 21.7 Å². The Hall–Kier alpha value is -2.96. The molecule has 162 valence electrons. The van der Waals surface area contributed by atoms with Crippen molar-refractivity contribution in [2.24, 2.45) is 0 Å². The van der Waals surface area contributed by atoms with E-state index in [0.717, 1.165) is 63.6 Å². The summed E-state index contributed by atoms with van der Waals surface area (Å²) in [6.45, 7) is 4.06. The Kier molecular flexibility index (Phi) is 5.81. The zero-order valence-electron chi connectivity index (χ0n) is 18.0. The van der Waals surface area contributed by atoms with Crippen molar-refractivity contribution in [3.8, 4) is 0 Å². The predicted octanol–water partition coefficient (Wildman–Crippen LogP) is 5.08. The number of halogens is 1. The number of carbonyl (C=O) groups excluding carboxylic acids is 1. The van der Waals surface area contributed by atoms with Crippen LogP contribution >= 0.6 is 15.9 Å². The quantitative estimate of drug-likeness (QED) is 0.434. The molecule has 0 bridgehead atoms. The number of benzene rings is 3. The van der Waals surface area contributed by atoms with Crippen molar-refractivity contribution in [3.05, 3.63) is 76.9 Å². The summed E-state index contributed by atoms with van der Waals surface area (Å²) in [5, 5.41) is 6.38. The lowest BCUT2D eigenvalue weighted by atomic mass is 10.0. The monoisotopic (exact) mass is 488 g/mol. The number of aromatic nitrogens is 1. The van der Waals surface area contributed by atoms with Gasteiger partial charge >= 0.3 is 0 Å². The molecule has 6 heteroatoms. The minimum Gasteiger partial charge on any atom is -0.368 e. The van der Waals surface area contributed by atoms with Crippen LogP contribution in [0.1, 0.15) is 5.56 Å². The summed E-state index contributed by atoms with van der Waals surface area (Å²) in [4.78, 5) is 22.2. The molecule has 1 amide bonds. The van der Waals surface area contributed by atoms with Crippen LogP contribution in [-0.2, 0) is 11.2 Å². The smallest absolute Gasteiger partial charge is 0.228 e. The molecule has 1 fully saturated rings. The standard InChI is InChI=1S/C26H25BrN4O/c1-30-12-14-31(15-13-30)25-10-11-28-24-9-8-19(17-22(24)25)29-26(32)16-18-4-2-6-21-20(18)5-3-7-23(21)27/h2-11,17H,12-16H2,1H3,(H,29,32). The number of likely N-dealkylation sites (N-methyl/N-ethyl adjacent to an activating group) is 1. The van der Waals surface area contributed by atoms with E-state index in [2.05, 4.69) is 61.3 Å². The second-order valence-electron chi connectivity index (χ2n) is 8.33. The number of hydrogen-bond donors (Lipinski definition) is 1. The molecule has 0 aliphatic carbocycles. The Morgan fingerprint density at radius 3 is 2.59 bits per heavy atom. The summed E-state index contributed by atoms with van der Waals surface area (Å²) in [6, 6.07) is 20.2. The molecule has 5 nitrogen and oxygen atoms in total. The van der Waals surface area contributed by atoms with E-state index in [0.29, 0.717) is 6.42 Å². The van der Waals surface area contributed by atoms with Gasteiger partial charge in [-0.3, -0.25) is 9.78 Å². The van der Waals surface area contributed by atoms with Crippen molar-refractivity contribution in [1.29, 1.82) is 0 Å². The number of nitrogens with one attached hydrogen (secondary N) is 1. The highest BCUT2D eigenvalue weighted by molar-refractivity contribution is 9.10. The van der Waals surface area contributed by atoms with Gasteiger partial charge < -0.3 is 15.1 Å². The maximum atomic E-state index is 12.9. The van der Waals surface area contributed by atoms with Crippen molar-refractivity contribution < 1.29 is 4.79 Å². The Morgan fingerprint density at radius 2 is 1.75 bits per heavy atom. The summed E-state index contributed by atoms with van der Waals surface area (Å²) < 4.78 is 1.04.